The van der Waals surface area contributed by atoms with Crippen molar-refractivity contribution in [3.05, 3.63) is 95.3 Å². The minimum Gasteiger partial charge on any atom is -0.355 e. The standard InChI is InChI=1S/C23H22FN3O4S/c1-25-22(28)17-8-6-16(7-9-17)15-27(2)23(29)18-4-3-5-21(14-18)32(30,31)26-20-12-10-19(24)11-13-20/h3-14,26H,15H2,1-2H3,(H,25,28). The van der Waals surface area contributed by atoms with Gasteiger partial charge in [0.25, 0.3) is 21.8 Å². The molecule has 2 N–H and O–H groups in total. The molecule has 0 aliphatic heterocycles. The van der Waals surface area contributed by atoms with Crippen LogP contribution in [0.25, 0.3) is 0 Å². The van der Waals surface area contributed by atoms with Crippen molar-refractivity contribution in [1.82, 2.24) is 10.2 Å². The second-order valence-corrected chi connectivity index (χ2v) is 8.76. The number of nitrogens with one attached hydrogen (secondary N) is 2. The van der Waals surface area contributed by atoms with Gasteiger partial charge in [-0.1, -0.05) is 18.2 Å². The topological polar surface area (TPSA) is 95.6 Å². The smallest absolute Gasteiger partial charge is 0.261 e. The van der Waals surface area contributed by atoms with Crippen LogP contribution >= 0.6 is 0 Å². The number of anilines is 1. The number of hydrogen-bond acceptors (Lipinski definition) is 4. The molecule has 166 valence electrons. The van der Waals surface area contributed by atoms with Crippen molar-refractivity contribution >= 4 is 27.5 Å². The minimum atomic E-state index is -3.96. The van der Waals surface area contributed by atoms with E-state index < -0.39 is 15.8 Å². The van der Waals surface area contributed by atoms with Gasteiger partial charge in [0, 0.05) is 37.5 Å². The average Bonchev–Trinajstić information content (AvgIpc) is 2.80. The number of carbonyl (C=O) groups is 2. The van der Waals surface area contributed by atoms with Gasteiger partial charge >= 0.3 is 0 Å². The molecule has 3 aromatic rings. The van der Waals surface area contributed by atoms with Crippen LogP contribution in [0.5, 0.6) is 0 Å². The van der Waals surface area contributed by atoms with Crippen LogP contribution in [0.4, 0.5) is 10.1 Å². The fraction of sp³-hybridized carbons (Fsp3) is 0.130. The van der Waals surface area contributed by atoms with E-state index in [2.05, 4.69) is 10.0 Å². The maximum Gasteiger partial charge on any atom is 0.261 e. The van der Waals surface area contributed by atoms with Crippen LogP contribution in [0.3, 0.4) is 0 Å². The summed E-state index contributed by atoms with van der Waals surface area (Å²) < 4.78 is 40.8. The quantitative estimate of drug-likeness (QED) is 0.572. The molecule has 3 rings (SSSR count). The highest BCUT2D eigenvalue weighted by atomic mass is 32.2. The number of halogens is 1. The predicted octanol–water partition coefficient (Wildman–Crippen LogP) is 3.26. The average molecular weight is 456 g/mol. The maximum atomic E-state index is 13.1. The summed E-state index contributed by atoms with van der Waals surface area (Å²) in [6, 6.07) is 17.4. The fourth-order valence-electron chi connectivity index (χ4n) is 3.00. The summed E-state index contributed by atoms with van der Waals surface area (Å²) in [4.78, 5) is 25.9. The Labute approximate surface area is 185 Å². The van der Waals surface area contributed by atoms with E-state index >= 15 is 0 Å². The molecular formula is C23H22FN3O4S. The highest BCUT2D eigenvalue weighted by molar-refractivity contribution is 7.92. The third-order valence-corrected chi connectivity index (χ3v) is 6.08. The molecule has 32 heavy (non-hydrogen) atoms. The molecule has 0 saturated carbocycles. The van der Waals surface area contributed by atoms with Crippen LogP contribution < -0.4 is 10.0 Å². The largest absolute Gasteiger partial charge is 0.355 e. The molecule has 3 aromatic carbocycles. The Morgan fingerprint density at radius 3 is 2.22 bits per heavy atom. The number of nitrogens with zero attached hydrogens (tertiary/aromatic N) is 1. The van der Waals surface area contributed by atoms with Crippen LogP contribution in [0.15, 0.2) is 77.7 Å². The van der Waals surface area contributed by atoms with Gasteiger partial charge in [-0.3, -0.25) is 14.3 Å². The number of sulfonamides is 1. The summed E-state index contributed by atoms with van der Waals surface area (Å²) in [5.41, 5.74) is 1.74. The van der Waals surface area contributed by atoms with Crippen LogP contribution in [0.2, 0.25) is 0 Å². The van der Waals surface area contributed by atoms with Crippen molar-refractivity contribution in [3.63, 3.8) is 0 Å². The third kappa shape index (κ3) is 5.50. The Morgan fingerprint density at radius 2 is 1.59 bits per heavy atom. The zero-order valence-electron chi connectivity index (χ0n) is 17.5. The summed E-state index contributed by atoms with van der Waals surface area (Å²) in [6.45, 7) is 0.275. The van der Waals surface area contributed by atoms with Gasteiger partial charge in [0.15, 0.2) is 0 Å². The summed E-state index contributed by atoms with van der Waals surface area (Å²) >= 11 is 0. The van der Waals surface area contributed by atoms with Crippen molar-refractivity contribution < 1.29 is 22.4 Å². The lowest BCUT2D eigenvalue weighted by Gasteiger charge is -2.18. The molecule has 0 saturated heterocycles. The first-order valence-electron chi connectivity index (χ1n) is 9.64. The zero-order chi connectivity index (χ0) is 23.3. The molecule has 9 heteroatoms. The van der Waals surface area contributed by atoms with Crippen LogP contribution in [-0.2, 0) is 16.6 Å². The minimum absolute atomic E-state index is 0.0870. The predicted molar refractivity (Wildman–Crippen MR) is 119 cm³/mol. The molecular weight excluding hydrogens is 433 g/mol. The zero-order valence-corrected chi connectivity index (χ0v) is 18.3. The van der Waals surface area contributed by atoms with Crippen LogP contribution in [-0.4, -0.2) is 39.2 Å². The van der Waals surface area contributed by atoms with E-state index in [1.807, 2.05) is 0 Å². The van der Waals surface area contributed by atoms with E-state index in [1.54, 1.807) is 38.4 Å². The molecule has 0 bridgehead atoms. The first-order chi connectivity index (χ1) is 15.2. The number of rotatable bonds is 7. The van der Waals surface area contributed by atoms with Crippen LogP contribution in [0, 0.1) is 5.82 Å². The molecule has 0 atom stereocenters. The number of carbonyl (C=O) groups excluding carboxylic acids is 2. The lowest BCUT2D eigenvalue weighted by molar-refractivity contribution is 0.0784. The van der Waals surface area contributed by atoms with Crippen LogP contribution in [0.1, 0.15) is 26.3 Å². The number of amides is 2. The summed E-state index contributed by atoms with van der Waals surface area (Å²) in [5, 5.41) is 2.54. The van der Waals surface area contributed by atoms with Gasteiger partial charge in [-0.25, -0.2) is 12.8 Å². The van der Waals surface area contributed by atoms with Crippen molar-refractivity contribution in [2.24, 2.45) is 0 Å². The first kappa shape index (κ1) is 23.0. The Bertz CT molecular complexity index is 1230. The van der Waals surface area contributed by atoms with Gasteiger partial charge in [0.2, 0.25) is 0 Å². The van der Waals surface area contributed by atoms with Gasteiger partial charge in [0.1, 0.15) is 5.82 Å². The highest BCUT2D eigenvalue weighted by Gasteiger charge is 2.18. The Morgan fingerprint density at radius 1 is 0.938 bits per heavy atom. The molecule has 7 nitrogen and oxygen atoms in total. The SMILES string of the molecule is CNC(=O)c1ccc(CN(C)C(=O)c2cccc(S(=O)(=O)Nc3ccc(F)cc3)c2)cc1. The third-order valence-electron chi connectivity index (χ3n) is 4.70. The Hall–Kier alpha value is -3.72. The molecule has 0 heterocycles. The van der Waals surface area contributed by atoms with Crippen molar-refractivity contribution in [1.29, 1.82) is 0 Å². The highest BCUT2D eigenvalue weighted by Crippen LogP contribution is 2.19. The van der Waals surface area contributed by atoms with E-state index in [-0.39, 0.29) is 34.5 Å². The Kier molecular flexibility index (Phi) is 6.89. The van der Waals surface area contributed by atoms with E-state index in [4.69, 9.17) is 0 Å². The Balaban J connectivity index is 1.74. The van der Waals surface area contributed by atoms with Crippen molar-refractivity contribution in [3.8, 4) is 0 Å². The van der Waals surface area contributed by atoms with E-state index in [1.165, 1.54) is 41.3 Å². The number of benzene rings is 3. The summed E-state index contributed by atoms with van der Waals surface area (Å²) in [5.74, 6) is -1.04. The van der Waals surface area contributed by atoms with E-state index in [9.17, 15) is 22.4 Å². The molecule has 0 spiro atoms. The second kappa shape index (κ2) is 9.61. The molecule has 0 aliphatic carbocycles. The fourth-order valence-corrected chi connectivity index (χ4v) is 4.10. The van der Waals surface area contributed by atoms with Crippen molar-refractivity contribution in [2.45, 2.75) is 11.4 Å². The molecule has 0 aromatic heterocycles. The van der Waals surface area contributed by atoms with E-state index in [0.29, 0.717) is 5.56 Å². The molecule has 0 fully saturated rings. The first-order valence-corrected chi connectivity index (χ1v) is 11.1. The summed E-state index contributed by atoms with van der Waals surface area (Å²) in [7, 11) is -0.811. The van der Waals surface area contributed by atoms with Crippen molar-refractivity contribution in [2.75, 3.05) is 18.8 Å². The monoisotopic (exact) mass is 455 g/mol. The molecule has 0 unspecified atom stereocenters. The van der Waals surface area contributed by atoms with Gasteiger partial charge in [0.05, 0.1) is 4.90 Å². The van der Waals surface area contributed by atoms with Gasteiger partial charge in [-0.15, -0.1) is 0 Å². The molecule has 0 radical (unpaired) electrons. The lowest BCUT2D eigenvalue weighted by Crippen LogP contribution is -2.26. The normalized spacial score (nSPS) is 11.0. The maximum absolute atomic E-state index is 13.1. The number of hydrogen-bond donors (Lipinski definition) is 2. The lowest BCUT2D eigenvalue weighted by atomic mass is 10.1. The second-order valence-electron chi connectivity index (χ2n) is 7.08. The van der Waals surface area contributed by atoms with Gasteiger partial charge in [-0.2, -0.15) is 0 Å². The van der Waals surface area contributed by atoms with Gasteiger partial charge in [-0.05, 0) is 60.2 Å². The van der Waals surface area contributed by atoms with Gasteiger partial charge < -0.3 is 10.2 Å². The molecule has 0 aliphatic rings. The molecule has 2 amide bonds. The van der Waals surface area contributed by atoms with E-state index in [0.717, 1.165) is 17.7 Å². The summed E-state index contributed by atoms with van der Waals surface area (Å²) in [6.07, 6.45) is 0.